The number of methoxy groups -OCH3 is 2. The highest BCUT2D eigenvalue weighted by Gasteiger charge is 2.14. The van der Waals surface area contributed by atoms with Crippen LogP contribution in [0.2, 0.25) is 0 Å². The number of benzene rings is 1. The van der Waals surface area contributed by atoms with E-state index in [1.807, 2.05) is 26.0 Å². The van der Waals surface area contributed by atoms with Gasteiger partial charge >= 0.3 is 0 Å². The molecule has 0 atom stereocenters. The molecule has 1 rings (SSSR count). The molecule has 21 heavy (non-hydrogen) atoms. The summed E-state index contributed by atoms with van der Waals surface area (Å²) >= 11 is 0. The molecule has 0 saturated heterocycles. The molecule has 118 valence electrons. The second-order valence-corrected chi connectivity index (χ2v) is 4.64. The summed E-state index contributed by atoms with van der Waals surface area (Å²) in [4.78, 5) is 11.8. The van der Waals surface area contributed by atoms with Crippen molar-refractivity contribution < 1.29 is 19.0 Å². The molecule has 5 nitrogen and oxygen atoms in total. The van der Waals surface area contributed by atoms with Crippen molar-refractivity contribution in [3.8, 4) is 17.2 Å². The number of hydrogen-bond acceptors (Lipinski definition) is 4. The van der Waals surface area contributed by atoms with E-state index in [-0.39, 0.29) is 11.8 Å². The van der Waals surface area contributed by atoms with E-state index >= 15 is 0 Å². The number of carbonyl (C=O) groups excluding carboxylic acids is 1. The van der Waals surface area contributed by atoms with Crippen molar-refractivity contribution in [1.29, 1.82) is 0 Å². The fourth-order valence-electron chi connectivity index (χ4n) is 2.11. The largest absolute Gasteiger partial charge is 0.493 e. The highest BCUT2D eigenvalue weighted by molar-refractivity contribution is 5.78. The summed E-state index contributed by atoms with van der Waals surface area (Å²) in [5.41, 5.74) is 0. The Labute approximate surface area is 126 Å². The Morgan fingerprint density at radius 1 is 1.14 bits per heavy atom. The van der Waals surface area contributed by atoms with E-state index in [1.54, 1.807) is 20.3 Å². The van der Waals surface area contributed by atoms with Crippen LogP contribution in [0.3, 0.4) is 0 Å². The van der Waals surface area contributed by atoms with E-state index in [0.29, 0.717) is 30.4 Å². The zero-order valence-corrected chi connectivity index (χ0v) is 13.3. The summed E-state index contributed by atoms with van der Waals surface area (Å²) in [5, 5.41) is 2.88. The minimum atomic E-state index is 0.0800. The van der Waals surface area contributed by atoms with Crippen molar-refractivity contribution in [1.82, 2.24) is 5.32 Å². The number of hydrogen-bond donors (Lipinski definition) is 1. The molecule has 0 aromatic heterocycles. The Balaban J connectivity index is 2.48. The maximum Gasteiger partial charge on any atom is 0.223 e. The van der Waals surface area contributed by atoms with Crippen LogP contribution in [0.4, 0.5) is 0 Å². The van der Waals surface area contributed by atoms with Crippen molar-refractivity contribution in [2.24, 2.45) is 5.92 Å². The van der Waals surface area contributed by atoms with Gasteiger partial charge in [0.1, 0.15) is 6.61 Å². The van der Waals surface area contributed by atoms with Gasteiger partial charge in [-0.25, -0.2) is 0 Å². The molecule has 1 aromatic rings. The van der Waals surface area contributed by atoms with E-state index in [0.717, 1.165) is 12.8 Å². The van der Waals surface area contributed by atoms with Crippen LogP contribution in [0, 0.1) is 5.92 Å². The van der Waals surface area contributed by atoms with Crippen molar-refractivity contribution in [3.63, 3.8) is 0 Å². The zero-order valence-electron chi connectivity index (χ0n) is 13.3. The lowest BCUT2D eigenvalue weighted by Gasteiger charge is -2.15. The molecule has 0 radical (unpaired) electrons. The first-order chi connectivity index (χ1) is 10.2. The predicted molar refractivity (Wildman–Crippen MR) is 82.1 cm³/mol. The van der Waals surface area contributed by atoms with Crippen LogP contribution >= 0.6 is 0 Å². The average Bonchev–Trinajstić information content (AvgIpc) is 2.52. The summed E-state index contributed by atoms with van der Waals surface area (Å²) < 4.78 is 16.1. The van der Waals surface area contributed by atoms with E-state index < -0.39 is 0 Å². The first-order valence-corrected chi connectivity index (χ1v) is 7.29. The molecule has 0 aliphatic rings. The van der Waals surface area contributed by atoms with Crippen LogP contribution in [-0.4, -0.2) is 33.3 Å². The number of ether oxygens (including phenoxy) is 3. The van der Waals surface area contributed by atoms with Gasteiger partial charge in [-0.1, -0.05) is 19.9 Å². The van der Waals surface area contributed by atoms with Crippen LogP contribution < -0.4 is 19.5 Å². The Morgan fingerprint density at radius 2 is 1.81 bits per heavy atom. The normalized spacial score (nSPS) is 10.3. The monoisotopic (exact) mass is 295 g/mol. The molecule has 0 fully saturated rings. The van der Waals surface area contributed by atoms with Gasteiger partial charge in [0.2, 0.25) is 11.7 Å². The first-order valence-electron chi connectivity index (χ1n) is 7.29. The fraction of sp³-hybridized carbons (Fsp3) is 0.562. The molecule has 0 bridgehead atoms. The molecule has 0 unspecified atom stereocenters. The Bertz CT molecular complexity index is 444. The van der Waals surface area contributed by atoms with Crippen molar-refractivity contribution >= 4 is 5.91 Å². The fourth-order valence-corrected chi connectivity index (χ4v) is 2.11. The molecule has 0 aliphatic heterocycles. The number of amides is 1. The smallest absolute Gasteiger partial charge is 0.223 e. The maximum atomic E-state index is 11.8. The van der Waals surface area contributed by atoms with Gasteiger partial charge in [0.05, 0.1) is 20.8 Å². The van der Waals surface area contributed by atoms with Gasteiger partial charge < -0.3 is 19.5 Å². The molecule has 5 heteroatoms. The van der Waals surface area contributed by atoms with Crippen LogP contribution in [0.15, 0.2) is 18.2 Å². The third kappa shape index (κ3) is 4.85. The molecule has 1 aromatic carbocycles. The standard InChI is InChI=1S/C16H25NO4/c1-5-12(6-2)16(18)17-10-11-21-14-9-7-8-13(19-3)15(14)20-4/h7-9,12H,5-6,10-11H2,1-4H3,(H,17,18). The highest BCUT2D eigenvalue weighted by atomic mass is 16.5. The minimum absolute atomic E-state index is 0.0800. The topological polar surface area (TPSA) is 56.8 Å². The maximum absolute atomic E-state index is 11.8. The second kappa shape index (κ2) is 9.10. The van der Waals surface area contributed by atoms with Crippen LogP contribution in [0.1, 0.15) is 26.7 Å². The zero-order chi connectivity index (χ0) is 15.7. The molecule has 1 N–H and O–H groups in total. The summed E-state index contributed by atoms with van der Waals surface area (Å²) in [6.07, 6.45) is 1.71. The minimum Gasteiger partial charge on any atom is -0.493 e. The molecular formula is C16H25NO4. The number of para-hydroxylation sites is 1. The number of nitrogens with one attached hydrogen (secondary N) is 1. The van der Waals surface area contributed by atoms with Crippen LogP contribution in [0.25, 0.3) is 0 Å². The summed E-state index contributed by atoms with van der Waals surface area (Å²) in [6.45, 7) is 4.89. The van der Waals surface area contributed by atoms with Gasteiger partial charge in [-0.2, -0.15) is 0 Å². The first kappa shape index (κ1) is 17.1. The van der Waals surface area contributed by atoms with Gasteiger partial charge in [0.25, 0.3) is 0 Å². The van der Waals surface area contributed by atoms with Gasteiger partial charge in [-0.15, -0.1) is 0 Å². The Kier molecular flexibility index (Phi) is 7.43. The molecule has 1 amide bonds. The van der Waals surface area contributed by atoms with Gasteiger partial charge in [0.15, 0.2) is 11.5 Å². The van der Waals surface area contributed by atoms with Gasteiger partial charge in [0, 0.05) is 5.92 Å². The Hall–Kier alpha value is -1.91. The van der Waals surface area contributed by atoms with Crippen LogP contribution in [0.5, 0.6) is 17.2 Å². The second-order valence-electron chi connectivity index (χ2n) is 4.64. The predicted octanol–water partition coefficient (Wildman–Crippen LogP) is 2.64. The summed E-state index contributed by atoms with van der Waals surface area (Å²) in [6, 6.07) is 5.45. The quantitative estimate of drug-likeness (QED) is 0.712. The van der Waals surface area contributed by atoms with E-state index in [1.165, 1.54) is 0 Å². The lowest BCUT2D eigenvalue weighted by molar-refractivity contribution is -0.125. The van der Waals surface area contributed by atoms with Gasteiger partial charge in [-0.3, -0.25) is 4.79 Å². The summed E-state index contributed by atoms with van der Waals surface area (Å²) in [7, 11) is 3.15. The number of carbonyl (C=O) groups is 1. The van der Waals surface area contributed by atoms with E-state index in [2.05, 4.69) is 5.32 Å². The molecule has 0 aliphatic carbocycles. The van der Waals surface area contributed by atoms with E-state index in [4.69, 9.17) is 14.2 Å². The van der Waals surface area contributed by atoms with Crippen LogP contribution in [-0.2, 0) is 4.79 Å². The SMILES string of the molecule is CCC(CC)C(=O)NCCOc1cccc(OC)c1OC. The van der Waals surface area contributed by atoms with Gasteiger partial charge in [-0.05, 0) is 25.0 Å². The third-order valence-electron chi connectivity index (χ3n) is 3.38. The third-order valence-corrected chi connectivity index (χ3v) is 3.38. The van der Waals surface area contributed by atoms with Crippen molar-refractivity contribution in [3.05, 3.63) is 18.2 Å². The molecular weight excluding hydrogens is 270 g/mol. The van der Waals surface area contributed by atoms with E-state index in [9.17, 15) is 4.79 Å². The lowest BCUT2D eigenvalue weighted by atomic mass is 10.0. The highest BCUT2D eigenvalue weighted by Crippen LogP contribution is 2.36. The molecule has 0 saturated carbocycles. The Morgan fingerprint density at radius 3 is 2.38 bits per heavy atom. The number of rotatable bonds is 9. The molecule has 0 heterocycles. The van der Waals surface area contributed by atoms with Crippen molar-refractivity contribution in [2.45, 2.75) is 26.7 Å². The average molecular weight is 295 g/mol. The molecule has 0 spiro atoms. The summed E-state index contributed by atoms with van der Waals surface area (Å²) in [5.74, 6) is 1.95. The lowest BCUT2D eigenvalue weighted by Crippen LogP contribution is -2.33. The van der Waals surface area contributed by atoms with Crippen molar-refractivity contribution in [2.75, 3.05) is 27.4 Å².